The van der Waals surface area contributed by atoms with Crippen LogP contribution in [0.1, 0.15) is 94.4 Å². The van der Waals surface area contributed by atoms with E-state index in [-0.39, 0.29) is 31.3 Å². The Bertz CT molecular complexity index is 1200. The molecular weight excluding hydrogens is 548 g/mol. The second-order valence-electron chi connectivity index (χ2n) is 12.9. The normalized spacial score (nSPS) is 21.8. The molecule has 0 radical (unpaired) electrons. The molecule has 2 aromatic carbocycles. The molecule has 0 heterocycles. The van der Waals surface area contributed by atoms with Gasteiger partial charge in [-0.3, -0.25) is 0 Å². The van der Waals surface area contributed by atoms with E-state index in [4.69, 9.17) is 4.74 Å². The van der Waals surface area contributed by atoms with Crippen LogP contribution in [0.3, 0.4) is 0 Å². The second-order valence-corrected chi connectivity index (χ2v) is 12.9. The smallest absolute Gasteiger partial charge is 0.333 e. The van der Waals surface area contributed by atoms with Gasteiger partial charge in [0.05, 0.1) is 6.54 Å². The third-order valence-electron chi connectivity index (χ3n) is 9.41. The van der Waals surface area contributed by atoms with E-state index < -0.39 is 5.97 Å². The zero-order chi connectivity index (χ0) is 31.3. The van der Waals surface area contributed by atoms with Gasteiger partial charge in [0.1, 0.15) is 6.61 Å². The molecule has 2 saturated carbocycles. The first-order valence-corrected chi connectivity index (χ1v) is 16.8. The summed E-state index contributed by atoms with van der Waals surface area (Å²) in [5.41, 5.74) is 5.33. The molecule has 4 unspecified atom stereocenters. The molecule has 2 aliphatic rings. The van der Waals surface area contributed by atoms with Crippen molar-refractivity contribution < 1.29 is 14.3 Å². The number of aryl methyl sites for hydroxylation is 1. The fraction of sp³-hybridized carbons (Fsp3) is 0.568. The SMILES string of the molecule is C=C(C)C(=O)OCCNC(=O)N(Cc1ccc(CC)cc1)C1CCCCC1NCc1ccc(CNC2CCCCC2C)cc1. The van der Waals surface area contributed by atoms with E-state index in [0.717, 1.165) is 56.7 Å². The van der Waals surface area contributed by atoms with Crippen molar-refractivity contribution in [3.8, 4) is 0 Å². The van der Waals surface area contributed by atoms with Crippen molar-refractivity contribution in [3.63, 3.8) is 0 Å². The number of hydrogen-bond acceptors (Lipinski definition) is 5. The van der Waals surface area contributed by atoms with E-state index in [0.29, 0.717) is 18.2 Å². The Morgan fingerprint density at radius 3 is 1.98 bits per heavy atom. The van der Waals surface area contributed by atoms with Crippen LogP contribution < -0.4 is 16.0 Å². The Labute approximate surface area is 265 Å². The predicted molar refractivity (Wildman–Crippen MR) is 178 cm³/mol. The Balaban J connectivity index is 1.37. The Morgan fingerprint density at radius 2 is 1.36 bits per heavy atom. The molecule has 44 heavy (non-hydrogen) atoms. The van der Waals surface area contributed by atoms with E-state index in [1.807, 2.05) is 4.90 Å². The second kappa shape index (κ2) is 17.4. The number of rotatable bonds is 14. The largest absolute Gasteiger partial charge is 0.460 e. The topological polar surface area (TPSA) is 82.7 Å². The molecule has 0 spiro atoms. The highest BCUT2D eigenvalue weighted by Crippen LogP contribution is 2.26. The molecule has 7 nitrogen and oxygen atoms in total. The van der Waals surface area contributed by atoms with E-state index in [2.05, 4.69) is 84.9 Å². The summed E-state index contributed by atoms with van der Waals surface area (Å²) in [5.74, 6) is 0.318. The van der Waals surface area contributed by atoms with Gasteiger partial charge in [-0.1, -0.05) is 94.6 Å². The van der Waals surface area contributed by atoms with Crippen LogP contribution in [0.4, 0.5) is 4.79 Å². The van der Waals surface area contributed by atoms with Crippen molar-refractivity contribution in [2.45, 2.75) is 116 Å². The average molecular weight is 603 g/mol. The summed E-state index contributed by atoms with van der Waals surface area (Å²) in [6.45, 7) is 12.4. The van der Waals surface area contributed by atoms with E-state index in [9.17, 15) is 9.59 Å². The lowest BCUT2D eigenvalue weighted by atomic mass is 9.86. The van der Waals surface area contributed by atoms with Gasteiger partial charge >= 0.3 is 12.0 Å². The Hall–Kier alpha value is -3.16. The Kier molecular flexibility index (Phi) is 13.3. The van der Waals surface area contributed by atoms with Crippen molar-refractivity contribution >= 4 is 12.0 Å². The molecule has 4 rings (SSSR count). The molecule has 3 N–H and O–H groups in total. The molecule has 7 heteroatoms. The van der Waals surface area contributed by atoms with Crippen molar-refractivity contribution in [2.24, 2.45) is 5.92 Å². The fourth-order valence-corrected chi connectivity index (χ4v) is 6.56. The molecule has 2 fully saturated rings. The summed E-state index contributed by atoms with van der Waals surface area (Å²) in [6.07, 6.45) is 10.5. The number of benzene rings is 2. The minimum atomic E-state index is -0.438. The number of carbonyl (C=O) groups is 2. The number of carbonyl (C=O) groups excluding carboxylic acids is 2. The summed E-state index contributed by atoms with van der Waals surface area (Å²) < 4.78 is 5.20. The summed E-state index contributed by atoms with van der Waals surface area (Å²) in [5, 5.41) is 10.6. The van der Waals surface area contributed by atoms with Crippen molar-refractivity contribution in [1.29, 1.82) is 0 Å². The number of nitrogens with one attached hydrogen (secondary N) is 3. The van der Waals surface area contributed by atoms with Gasteiger partial charge < -0.3 is 25.6 Å². The number of esters is 1. The lowest BCUT2D eigenvalue weighted by Crippen LogP contribution is -2.55. The van der Waals surface area contributed by atoms with Crippen LogP contribution in [0.25, 0.3) is 0 Å². The number of nitrogens with zero attached hydrogens (tertiary/aromatic N) is 1. The van der Waals surface area contributed by atoms with Crippen LogP contribution in [0, 0.1) is 5.92 Å². The van der Waals surface area contributed by atoms with Gasteiger partial charge in [-0.15, -0.1) is 0 Å². The lowest BCUT2D eigenvalue weighted by Gasteiger charge is -2.40. The van der Waals surface area contributed by atoms with E-state index >= 15 is 0 Å². The van der Waals surface area contributed by atoms with Gasteiger partial charge in [0, 0.05) is 43.3 Å². The number of amides is 2. The maximum atomic E-state index is 13.6. The molecule has 2 aromatic rings. The van der Waals surface area contributed by atoms with Crippen LogP contribution >= 0.6 is 0 Å². The molecule has 0 aliphatic heterocycles. The van der Waals surface area contributed by atoms with Crippen LogP contribution in [0.15, 0.2) is 60.7 Å². The van der Waals surface area contributed by atoms with Crippen LogP contribution in [0.2, 0.25) is 0 Å². The Morgan fingerprint density at radius 1 is 0.818 bits per heavy atom. The first-order chi connectivity index (χ1) is 21.3. The van der Waals surface area contributed by atoms with Gasteiger partial charge in [-0.05, 0) is 67.2 Å². The van der Waals surface area contributed by atoms with E-state index in [1.165, 1.54) is 42.4 Å². The monoisotopic (exact) mass is 602 g/mol. The first-order valence-electron chi connectivity index (χ1n) is 16.8. The highest BCUT2D eigenvalue weighted by molar-refractivity contribution is 5.86. The van der Waals surface area contributed by atoms with Crippen molar-refractivity contribution in [1.82, 2.24) is 20.9 Å². The van der Waals surface area contributed by atoms with E-state index in [1.54, 1.807) is 6.92 Å². The van der Waals surface area contributed by atoms with Gasteiger partial charge in [0.2, 0.25) is 0 Å². The molecule has 0 bridgehead atoms. The maximum absolute atomic E-state index is 13.6. The molecule has 0 aromatic heterocycles. The third-order valence-corrected chi connectivity index (χ3v) is 9.41. The number of hydrogen-bond donors (Lipinski definition) is 3. The zero-order valence-corrected chi connectivity index (χ0v) is 27.2. The zero-order valence-electron chi connectivity index (χ0n) is 27.2. The molecule has 0 saturated heterocycles. The molecule has 2 amide bonds. The molecule has 4 atom stereocenters. The van der Waals surface area contributed by atoms with Gasteiger partial charge in [0.15, 0.2) is 0 Å². The van der Waals surface area contributed by atoms with Crippen LogP contribution in [0.5, 0.6) is 0 Å². The fourth-order valence-electron chi connectivity index (χ4n) is 6.56. The first kappa shape index (κ1) is 33.7. The predicted octanol–water partition coefficient (Wildman–Crippen LogP) is 6.65. The molecule has 2 aliphatic carbocycles. The maximum Gasteiger partial charge on any atom is 0.333 e. The van der Waals surface area contributed by atoms with Crippen molar-refractivity contribution in [2.75, 3.05) is 13.2 Å². The summed E-state index contributed by atoms with van der Waals surface area (Å²) in [6, 6.07) is 18.3. The van der Waals surface area contributed by atoms with Crippen molar-refractivity contribution in [3.05, 3.63) is 82.9 Å². The van der Waals surface area contributed by atoms with Crippen LogP contribution in [-0.2, 0) is 35.6 Å². The quantitative estimate of drug-likeness (QED) is 0.128. The number of urea groups is 1. The van der Waals surface area contributed by atoms with Crippen LogP contribution in [-0.4, -0.2) is 48.2 Å². The molecular formula is C37H54N4O3. The minimum absolute atomic E-state index is 0.0635. The standard InChI is InChI=1S/C37H54N4O3/c1-5-29-14-20-32(21-15-29)26-41(37(43)38-22-23-44-36(42)27(2)3)35-13-9-8-12-34(35)40-25-31-18-16-30(17-19-31)24-39-33-11-7-6-10-28(33)4/h14-21,28,33-35,39-40H,2,5-13,22-26H2,1,3-4H3,(H,38,43). The summed E-state index contributed by atoms with van der Waals surface area (Å²) in [7, 11) is 0. The summed E-state index contributed by atoms with van der Waals surface area (Å²) in [4.78, 5) is 27.4. The summed E-state index contributed by atoms with van der Waals surface area (Å²) >= 11 is 0. The van der Waals surface area contributed by atoms with Gasteiger partial charge in [-0.25, -0.2) is 9.59 Å². The van der Waals surface area contributed by atoms with Gasteiger partial charge in [0.25, 0.3) is 0 Å². The lowest BCUT2D eigenvalue weighted by molar-refractivity contribution is -0.138. The highest BCUT2D eigenvalue weighted by atomic mass is 16.5. The highest BCUT2D eigenvalue weighted by Gasteiger charge is 2.33. The molecule has 240 valence electrons. The third kappa shape index (κ3) is 10.2. The minimum Gasteiger partial charge on any atom is -0.460 e. The average Bonchev–Trinajstić information content (AvgIpc) is 3.05. The number of ether oxygens (including phenoxy) is 1. The van der Waals surface area contributed by atoms with Gasteiger partial charge in [-0.2, -0.15) is 0 Å².